The molecule has 1 rings (SSSR count). The van der Waals surface area contributed by atoms with E-state index in [0.717, 1.165) is 0 Å². The molecule has 8 nitrogen and oxygen atoms in total. The molecule has 1 N–H and O–H groups in total. The first-order valence-corrected chi connectivity index (χ1v) is 6.75. The molecule has 1 unspecified atom stereocenters. The van der Waals surface area contributed by atoms with Gasteiger partial charge in [0.15, 0.2) is 11.5 Å². The quantitative estimate of drug-likeness (QED) is 0.337. The molecule has 0 radical (unpaired) electrons. The number of esters is 1. The van der Waals surface area contributed by atoms with Gasteiger partial charge in [-0.1, -0.05) is 6.08 Å². The minimum atomic E-state index is -1.35. The highest BCUT2D eigenvalue weighted by Crippen LogP contribution is 2.39. The molecule has 1 aromatic rings. The number of nitro groups is 1. The van der Waals surface area contributed by atoms with Gasteiger partial charge < -0.3 is 19.3 Å². The molecule has 2 atom stereocenters. The minimum Gasteiger partial charge on any atom is -0.493 e. The first-order chi connectivity index (χ1) is 10.8. The van der Waals surface area contributed by atoms with Crippen LogP contribution in [0, 0.1) is 10.1 Å². The zero-order chi connectivity index (χ0) is 17.6. The van der Waals surface area contributed by atoms with Crippen molar-refractivity contribution in [2.75, 3.05) is 14.2 Å². The molecule has 0 aliphatic carbocycles. The van der Waals surface area contributed by atoms with E-state index in [1.54, 1.807) is 0 Å². The lowest BCUT2D eigenvalue weighted by molar-refractivity contribution is -0.386. The second kappa shape index (κ2) is 8.14. The number of ether oxygens (including phenoxy) is 3. The third-order valence-electron chi connectivity index (χ3n) is 3.06. The van der Waals surface area contributed by atoms with E-state index in [-0.39, 0.29) is 29.2 Å². The van der Waals surface area contributed by atoms with Crippen molar-refractivity contribution in [2.24, 2.45) is 0 Å². The van der Waals surface area contributed by atoms with E-state index < -0.39 is 23.1 Å². The predicted octanol–water partition coefficient (Wildman–Crippen LogP) is 2.15. The summed E-state index contributed by atoms with van der Waals surface area (Å²) in [5.41, 5.74) is -0.158. The van der Waals surface area contributed by atoms with Gasteiger partial charge in [0.05, 0.1) is 30.8 Å². The third-order valence-corrected chi connectivity index (χ3v) is 3.06. The van der Waals surface area contributed by atoms with Crippen LogP contribution < -0.4 is 9.47 Å². The number of aliphatic hydroxyl groups is 1. The molecule has 0 heterocycles. The summed E-state index contributed by atoms with van der Waals surface area (Å²) in [6.45, 7) is 4.80. The maximum absolute atomic E-state index is 11.6. The molecule has 126 valence electrons. The van der Waals surface area contributed by atoms with Crippen molar-refractivity contribution in [3.05, 3.63) is 40.5 Å². The van der Waals surface area contributed by atoms with Crippen molar-refractivity contribution < 1.29 is 29.0 Å². The number of hydrogen-bond acceptors (Lipinski definition) is 7. The van der Waals surface area contributed by atoms with E-state index in [1.165, 1.54) is 39.4 Å². The maximum Gasteiger partial charge on any atom is 0.335 e. The van der Waals surface area contributed by atoms with E-state index in [4.69, 9.17) is 14.2 Å². The van der Waals surface area contributed by atoms with Crippen LogP contribution in [0.1, 0.15) is 25.0 Å². The Balaban J connectivity index is 3.40. The average Bonchev–Trinajstić information content (AvgIpc) is 2.52. The van der Waals surface area contributed by atoms with Crippen molar-refractivity contribution in [1.82, 2.24) is 0 Å². The van der Waals surface area contributed by atoms with Crippen LogP contribution >= 0.6 is 0 Å². The standard InChI is InChI=1S/C15H19NO7/c1-5-6-12(23-15(18)9(2)17)10-7-13(21-3)14(22-4)8-11(10)16(19)20/h5,7-9,12,17H,1,6H2,2-4H3/t9-,12?/m0/s1. The molecule has 0 spiro atoms. The first kappa shape index (κ1) is 18.4. The number of nitrogens with zero attached hydrogens (tertiary/aromatic N) is 1. The highest BCUT2D eigenvalue weighted by molar-refractivity contribution is 5.74. The molecule has 0 saturated heterocycles. The summed E-state index contributed by atoms with van der Waals surface area (Å²) in [7, 11) is 2.74. The smallest absolute Gasteiger partial charge is 0.335 e. The van der Waals surface area contributed by atoms with Gasteiger partial charge in [0.2, 0.25) is 0 Å². The Hall–Kier alpha value is -2.61. The topological polar surface area (TPSA) is 108 Å². The molecule has 0 aromatic heterocycles. The second-order valence-electron chi connectivity index (χ2n) is 4.65. The molecular formula is C15H19NO7. The minimum absolute atomic E-state index is 0.126. The van der Waals surface area contributed by atoms with Crippen LogP contribution in [-0.2, 0) is 9.53 Å². The van der Waals surface area contributed by atoms with E-state index >= 15 is 0 Å². The lowest BCUT2D eigenvalue weighted by Crippen LogP contribution is -2.22. The number of rotatable bonds is 8. The van der Waals surface area contributed by atoms with Crippen molar-refractivity contribution in [1.29, 1.82) is 0 Å². The van der Waals surface area contributed by atoms with Crippen LogP contribution in [0.3, 0.4) is 0 Å². The largest absolute Gasteiger partial charge is 0.493 e. The molecule has 0 aliphatic heterocycles. The Labute approximate surface area is 133 Å². The fourth-order valence-corrected chi connectivity index (χ4v) is 1.93. The Morgan fingerprint density at radius 2 is 1.96 bits per heavy atom. The fourth-order valence-electron chi connectivity index (χ4n) is 1.93. The lowest BCUT2D eigenvalue weighted by Gasteiger charge is -2.19. The second-order valence-corrected chi connectivity index (χ2v) is 4.65. The number of carbonyl (C=O) groups excluding carboxylic acids is 1. The zero-order valence-electron chi connectivity index (χ0n) is 13.1. The van der Waals surface area contributed by atoms with Crippen molar-refractivity contribution in [3.63, 3.8) is 0 Å². The third kappa shape index (κ3) is 4.43. The number of hydrogen-bond donors (Lipinski definition) is 1. The van der Waals surface area contributed by atoms with Crippen molar-refractivity contribution >= 4 is 11.7 Å². The van der Waals surface area contributed by atoms with Crippen LogP contribution in [-0.4, -0.2) is 36.3 Å². The molecule has 8 heteroatoms. The summed E-state index contributed by atoms with van der Waals surface area (Å²) in [5, 5.41) is 20.6. The lowest BCUT2D eigenvalue weighted by atomic mass is 10.0. The Morgan fingerprint density at radius 3 is 2.39 bits per heavy atom. The van der Waals surface area contributed by atoms with E-state index in [9.17, 15) is 20.0 Å². The van der Waals surface area contributed by atoms with E-state index in [2.05, 4.69) is 6.58 Å². The van der Waals surface area contributed by atoms with Gasteiger partial charge in [-0.05, 0) is 13.0 Å². The highest BCUT2D eigenvalue weighted by atomic mass is 16.6. The van der Waals surface area contributed by atoms with Crippen LogP contribution in [0.25, 0.3) is 0 Å². The molecule has 0 amide bonds. The van der Waals surface area contributed by atoms with Gasteiger partial charge in [0, 0.05) is 6.42 Å². The summed E-state index contributed by atoms with van der Waals surface area (Å²) >= 11 is 0. The summed E-state index contributed by atoms with van der Waals surface area (Å²) < 4.78 is 15.3. The van der Waals surface area contributed by atoms with Gasteiger partial charge in [-0.2, -0.15) is 0 Å². The van der Waals surface area contributed by atoms with Crippen LogP contribution in [0.15, 0.2) is 24.8 Å². The van der Waals surface area contributed by atoms with Crippen LogP contribution in [0.4, 0.5) is 5.69 Å². The van der Waals surface area contributed by atoms with Gasteiger partial charge >= 0.3 is 5.97 Å². The maximum atomic E-state index is 11.6. The van der Waals surface area contributed by atoms with E-state index in [0.29, 0.717) is 0 Å². The van der Waals surface area contributed by atoms with Crippen LogP contribution in [0.2, 0.25) is 0 Å². The SMILES string of the molecule is C=CCC(OC(=O)[C@H](C)O)c1cc(OC)c(OC)cc1[N+](=O)[O-]. The van der Waals surface area contributed by atoms with Crippen molar-refractivity contribution in [2.45, 2.75) is 25.6 Å². The van der Waals surface area contributed by atoms with Crippen molar-refractivity contribution in [3.8, 4) is 11.5 Å². The van der Waals surface area contributed by atoms with Crippen LogP contribution in [0.5, 0.6) is 11.5 Å². The molecule has 0 bridgehead atoms. The van der Waals surface area contributed by atoms with E-state index in [1.807, 2.05) is 0 Å². The molecule has 0 aliphatic rings. The number of nitro benzene ring substituents is 1. The predicted molar refractivity (Wildman–Crippen MR) is 81.5 cm³/mol. The Kier molecular flexibility index (Phi) is 6.52. The number of carbonyl (C=O) groups is 1. The molecule has 23 heavy (non-hydrogen) atoms. The highest BCUT2D eigenvalue weighted by Gasteiger charge is 2.28. The number of aliphatic hydroxyl groups excluding tert-OH is 1. The monoisotopic (exact) mass is 325 g/mol. The van der Waals surface area contributed by atoms with Gasteiger partial charge in [-0.15, -0.1) is 6.58 Å². The molecule has 0 saturated carbocycles. The molecule has 1 aromatic carbocycles. The summed E-state index contributed by atoms with van der Waals surface area (Å²) in [5.74, 6) is -0.446. The van der Waals surface area contributed by atoms with Gasteiger partial charge in [0.25, 0.3) is 5.69 Å². The fraction of sp³-hybridized carbons (Fsp3) is 0.400. The summed E-state index contributed by atoms with van der Waals surface area (Å²) in [6, 6.07) is 2.57. The number of methoxy groups -OCH3 is 2. The Bertz CT molecular complexity index is 598. The summed E-state index contributed by atoms with van der Waals surface area (Å²) in [4.78, 5) is 22.3. The van der Waals surface area contributed by atoms with Gasteiger partial charge in [-0.25, -0.2) is 4.79 Å². The average molecular weight is 325 g/mol. The molecular weight excluding hydrogens is 306 g/mol. The normalized spacial score (nSPS) is 12.9. The Morgan fingerprint density at radius 1 is 1.39 bits per heavy atom. The first-order valence-electron chi connectivity index (χ1n) is 6.75. The summed E-state index contributed by atoms with van der Waals surface area (Å²) in [6.07, 6.45) is -0.730. The molecule has 0 fully saturated rings. The van der Waals surface area contributed by atoms with Gasteiger partial charge in [-0.3, -0.25) is 10.1 Å². The number of benzene rings is 1. The van der Waals surface area contributed by atoms with Gasteiger partial charge in [0.1, 0.15) is 12.2 Å². The zero-order valence-corrected chi connectivity index (χ0v) is 13.1.